The fourth-order valence-corrected chi connectivity index (χ4v) is 3.84. The third-order valence-electron chi connectivity index (χ3n) is 4.71. The minimum absolute atomic E-state index is 0.156. The molecule has 0 unspecified atom stereocenters. The van der Waals surface area contributed by atoms with Gasteiger partial charge >= 0.3 is 5.97 Å². The van der Waals surface area contributed by atoms with Gasteiger partial charge in [0.1, 0.15) is 6.61 Å². The van der Waals surface area contributed by atoms with Crippen LogP contribution in [0.25, 0.3) is 0 Å². The van der Waals surface area contributed by atoms with E-state index in [2.05, 4.69) is 20.3 Å². The van der Waals surface area contributed by atoms with E-state index in [4.69, 9.17) is 9.47 Å². The number of hydrogen-bond donors (Lipinski definition) is 1. The number of rotatable bonds is 10. The van der Waals surface area contributed by atoms with Crippen molar-refractivity contribution in [1.29, 1.82) is 0 Å². The highest BCUT2D eigenvalue weighted by Crippen LogP contribution is 2.28. The second-order valence-corrected chi connectivity index (χ2v) is 7.93. The molecule has 0 aliphatic rings. The summed E-state index contributed by atoms with van der Waals surface area (Å²) in [5, 5.41) is 11.9. The summed E-state index contributed by atoms with van der Waals surface area (Å²) in [4.78, 5) is 23.9. The van der Waals surface area contributed by atoms with E-state index >= 15 is 0 Å². The molecular formula is C23H26N4O5S. The van der Waals surface area contributed by atoms with Crippen molar-refractivity contribution in [3.8, 4) is 11.5 Å². The topological polar surface area (TPSA) is 105 Å². The standard InChI is InChI=1S/C23H26N4O5S/c1-5-27-20(13-32-18-11-6-15(2)12-19(18)30-3)25-26-23(27)33-14-21(28)24-17-9-7-16(8-10-17)22(29)31-4/h6-12H,5,13-14H2,1-4H3,(H,24,28). The number of carbonyl (C=O) groups excluding carboxylic acids is 2. The number of hydrogen-bond acceptors (Lipinski definition) is 8. The summed E-state index contributed by atoms with van der Waals surface area (Å²) in [7, 11) is 2.92. The van der Waals surface area contributed by atoms with Crippen LogP contribution in [0.1, 0.15) is 28.7 Å². The molecule has 0 aliphatic carbocycles. The van der Waals surface area contributed by atoms with Crippen molar-refractivity contribution < 1.29 is 23.8 Å². The highest BCUT2D eigenvalue weighted by Gasteiger charge is 2.15. The van der Waals surface area contributed by atoms with Gasteiger partial charge < -0.3 is 24.1 Å². The molecule has 0 radical (unpaired) electrons. The van der Waals surface area contributed by atoms with Crippen LogP contribution in [0.5, 0.6) is 11.5 Å². The van der Waals surface area contributed by atoms with Gasteiger partial charge in [-0.25, -0.2) is 4.79 Å². The number of esters is 1. The molecule has 9 nitrogen and oxygen atoms in total. The molecule has 0 saturated heterocycles. The van der Waals surface area contributed by atoms with Gasteiger partial charge in [0.15, 0.2) is 22.5 Å². The van der Waals surface area contributed by atoms with Crippen LogP contribution in [-0.2, 0) is 22.7 Å². The van der Waals surface area contributed by atoms with Gasteiger partial charge in [-0.1, -0.05) is 17.8 Å². The van der Waals surface area contributed by atoms with Crippen molar-refractivity contribution in [2.75, 3.05) is 25.3 Å². The third kappa shape index (κ3) is 6.26. The van der Waals surface area contributed by atoms with Crippen LogP contribution >= 0.6 is 11.8 Å². The molecule has 3 rings (SSSR count). The molecule has 0 bridgehead atoms. The van der Waals surface area contributed by atoms with Crippen LogP contribution in [-0.4, -0.2) is 46.6 Å². The summed E-state index contributed by atoms with van der Waals surface area (Å²) in [6.45, 7) is 4.82. The van der Waals surface area contributed by atoms with Gasteiger partial charge in [0, 0.05) is 12.2 Å². The van der Waals surface area contributed by atoms with Gasteiger partial charge in [-0.3, -0.25) is 4.79 Å². The summed E-state index contributed by atoms with van der Waals surface area (Å²) in [6.07, 6.45) is 0. The number of benzene rings is 2. The van der Waals surface area contributed by atoms with E-state index < -0.39 is 5.97 Å². The lowest BCUT2D eigenvalue weighted by Crippen LogP contribution is -2.15. The first-order valence-corrected chi connectivity index (χ1v) is 11.2. The largest absolute Gasteiger partial charge is 0.493 e. The number of nitrogens with one attached hydrogen (secondary N) is 1. The molecule has 1 amide bonds. The lowest BCUT2D eigenvalue weighted by Gasteiger charge is -2.12. The van der Waals surface area contributed by atoms with Crippen LogP contribution in [0, 0.1) is 6.92 Å². The zero-order valence-corrected chi connectivity index (χ0v) is 19.8. The molecule has 3 aromatic rings. The van der Waals surface area contributed by atoms with Crippen LogP contribution in [0.15, 0.2) is 47.6 Å². The molecule has 0 spiro atoms. The molecule has 174 valence electrons. The van der Waals surface area contributed by atoms with E-state index in [9.17, 15) is 9.59 Å². The summed E-state index contributed by atoms with van der Waals surface area (Å²) < 4.78 is 17.8. The van der Waals surface area contributed by atoms with Crippen LogP contribution in [0.2, 0.25) is 0 Å². The molecule has 0 aliphatic heterocycles. The predicted octanol–water partition coefficient (Wildman–Crippen LogP) is 3.71. The number of methoxy groups -OCH3 is 2. The van der Waals surface area contributed by atoms with Crippen molar-refractivity contribution in [2.45, 2.75) is 32.2 Å². The lowest BCUT2D eigenvalue weighted by atomic mass is 10.2. The minimum Gasteiger partial charge on any atom is -0.493 e. The second-order valence-electron chi connectivity index (χ2n) is 6.99. The van der Waals surface area contributed by atoms with E-state index in [1.807, 2.05) is 36.6 Å². The Bertz CT molecular complexity index is 1110. The average molecular weight is 471 g/mol. The zero-order valence-electron chi connectivity index (χ0n) is 19.0. The molecule has 1 heterocycles. The number of aromatic nitrogens is 3. The molecule has 2 aromatic carbocycles. The van der Waals surface area contributed by atoms with Gasteiger partial charge in [-0.05, 0) is 55.8 Å². The summed E-state index contributed by atoms with van der Waals surface area (Å²) in [6, 6.07) is 12.2. The first-order valence-electron chi connectivity index (χ1n) is 10.3. The van der Waals surface area contributed by atoms with E-state index in [1.165, 1.54) is 18.9 Å². The van der Waals surface area contributed by atoms with Gasteiger partial charge in [0.25, 0.3) is 0 Å². The number of ether oxygens (including phenoxy) is 3. The van der Waals surface area contributed by atoms with E-state index in [-0.39, 0.29) is 18.3 Å². The second kappa shape index (κ2) is 11.4. The fraction of sp³-hybridized carbons (Fsp3) is 0.304. The fourth-order valence-electron chi connectivity index (χ4n) is 3.02. The SMILES string of the molecule is CCn1c(COc2ccc(C)cc2OC)nnc1SCC(=O)Nc1ccc(C(=O)OC)cc1. The van der Waals surface area contributed by atoms with E-state index in [0.29, 0.717) is 40.3 Å². The number of nitrogens with zero attached hydrogens (tertiary/aromatic N) is 3. The summed E-state index contributed by atoms with van der Waals surface area (Å²) in [5.74, 6) is 1.47. The van der Waals surface area contributed by atoms with Gasteiger partial charge in [0.05, 0.1) is 25.5 Å². The molecule has 10 heteroatoms. The molecule has 0 fully saturated rings. The molecule has 0 atom stereocenters. The van der Waals surface area contributed by atoms with Crippen molar-refractivity contribution >= 4 is 29.3 Å². The quantitative estimate of drug-likeness (QED) is 0.353. The molecule has 0 saturated carbocycles. The summed E-state index contributed by atoms with van der Waals surface area (Å²) in [5.41, 5.74) is 2.08. The number of carbonyl (C=O) groups is 2. The predicted molar refractivity (Wildman–Crippen MR) is 125 cm³/mol. The molecule has 1 aromatic heterocycles. The van der Waals surface area contributed by atoms with Gasteiger partial charge in [-0.2, -0.15) is 0 Å². The van der Waals surface area contributed by atoms with Crippen LogP contribution in [0.4, 0.5) is 5.69 Å². The summed E-state index contributed by atoms with van der Waals surface area (Å²) >= 11 is 1.29. The van der Waals surface area contributed by atoms with E-state index in [1.54, 1.807) is 31.4 Å². The Morgan fingerprint density at radius 2 is 1.82 bits per heavy atom. The number of amides is 1. The van der Waals surface area contributed by atoms with Crippen molar-refractivity contribution in [3.63, 3.8) is 0 Å². The smallest absolute Gasteiger partial charge is 0.337 e. The molecule has 1 N–H and O–H groups in total. The molecule has 33 heavy (non-hydrogen) atoms. The maximum Gasteiger partial charge on any atom is 0.337 e. The Morgan fingerprint density at radius 1 is 1.06 bits per heavy atom. The normalized spacial score (nSPS) is 10.5. The van der Waals surface area contributed by atoms with Crippen molar-refractivity contribution in [1.82, 2.24) is 14.8 Å². The Labute approximate surface area is 196 Å². The Morgan fingerprint density at radius 3 is 2.48 bits per heavy atom. The highest BCUT2D eigenvalue weighted by atomic mass is 32.2. The lowest BCUT2D eigenvalue weighted by molar-refractivity contribution is -0.113. The van der Waals surface area contributed by atoms with Crippen LogP contribution in [0.3, 0.4) is 0 Å². The Balaban J connectivity index is 1.57. The number of anilines is 1. The Hall–Kier alpha value is -3.53. The van der Waals surface area contributed by atoms with E-state index in [0.717, 1.165) is 5.56 Å². The number of thioether (sulfide) groups is 1. The monoisotopic (exact) mass is 470 g/mol. The minimum atomic E-state index is -0.428. The average Bonchev–Trinajstić information content (AvgIpc) is 3.23. The first-order chi connectivity index (χ1) is 15.9. The maximum absolute atomic E-state index is 12.4. The zero-order chi connectivity index (χ0) is 23.8. The first kappa shape index (κ1) is 24.1. The van der Waals surface area contributed by atoms with Crippen molar-refractivity contribution in [2.24, 2.45) is 0 Å². The third-order valence-corrected chi connectivity index (χ3v) is 5.67. The highest BCUT2D eigenvalue weighted by molar-refractivity contribution is 7.99. The van der Waals surface area contributed by atoms with Gasteiger partial charge in [0.2, 0.25) is 5.91 Å². The Kier molecular flexibility index (Phi) is 8.31. The van der Waals surface area contributed by atoms with Gasteiger partial charge in [-0.15, -0.1) is 10.2 Å². The van der Waals surface area contributed by atoms with Crippen LogP contribution < -0.4 is 14.8 Å². The molecular weight excluding hydrogens is 444 g/mol. The van der Waals surface area contributed by atoms with Crippen molar-refractivity contribution in [3.05, 3.63) is 59.4 Å². The maximum atomic E-state index is 12.4. The number of aryl methyl sites for hydroxylation is 1.